The predicted octanol–water partition coefficient (Wildman–Crippen LogP) is 4.02. The van der Waals surface area contributed by atoms with Crippen LogP contribution in [0.4, 0.5) is 18.9 Å². The van der Waals surface area contributed by atoms with E-state index in [1.54, 1.807) is 6.92 Å². The summed E-state index contributed by atoms with van der Waals surface area (Å²) in [6, 6.07) is 7.00. The average Bonchev–Trinajstić information content (AvgIpc) is 2.95. The zero-order chi connectivity index (χ0) is 20.5. The molecular formula is C18H19BrClF3N4O. The van der Waals surface area contributed by atoms with Gasteiger partial charge in [-0.3, -0.25) is 9.58 Å². The molecule has 0 amide bonds. The number of aldehydes is 1. The van der Waals surface area contributed by atoms with Gasteiger partial charge in [0.05, 0.1) is 22.8 Å². The number of benzene rings is 1. The Balaban J connectivity index is 1.67. The maximum atomic E-state index is 13.0. The summed E-state index contributed by atoms with van der Waals surface area (Å²) in [4.78, 5) is 15.8. The molecule has 10 heteroatoms. The van der Waals surface area contributed by atoms with Crippen LogP contribution in [0.25, 0.3) is 0 Å². The number of aromatic nitrogens is 2. The zero-order valence-corrected chi connectivity index (χ0v) is 17.4. The molecule has 28 heavy (non-hydrogen) atoms. The second-order valence-electron chi connectivity index (χ2n) is 6.63. The fourth-order valence-corrected chi connectivity index (χ4v) is 3.90. The van der Waals surface area contributed by atoms with Gasteiger partial charge in [0, 0.05) is 36.9 Å². The maximum Gasteiger partial charge on any atom is 0.436 e. The Bertz CT molecular complexity index is 833. The summed E-state index contributed by atoms with van der Waals surface area (Å²) in [5.41, 5.74) is 0.426. The molecule has 1 aliphatic rings. The Morgan fingerprint density at radius 3 is 2.32 bits per heavy atom. The largest absolute Gasteiger partial charge is 0.436 e. The Morgan fingerprint density at radius 1 is 1.21 bits per heavy atom. The van der Waals surface area contributed by atoms with Crippen LogP contribution in [0.15, 0.2) is 28.7 Å². The highest BCUT2D eigenvalue weighted by atomic mass is 79.9. The number of alkyl halides is 3. The standard InChI is InChI=1S/C18H19BrClF3N4O/c1-12-16(19)17(18(21,22)23)24-27(12)10-15(11-28)26-8-6-25(7-9-26)14-4-2-13(20)3-5-14/h2-5,11,15H,6-10H2,1H3. The highest BCUT2D eigenvalue weighted by molar-refractivity contribution is 9.10. The number of carbonyl (C=O) groups is 1. The SMILES string of the molecule is Cc1c(Br)c(C(F)(F)F)nn1CC(C=O)N1CCN(c2ccc(Cl)cc2)CC1. The van der Waals surface area contributed by atoms with E-state index in [9.17, 15) is 18.0 Å². The molecule has 1 unspecified atom stereocenters. The van der Waals surface area contributed by atoms with Crippen LogP contribution in [-0.2, 0) is 17.5 Å². The van der Waals surface area contributed by atoms with Crippen molar-refractivity contribution in [1.29, 1.82) is 0 Å². The zero-order valence-electron chi connectivity index (χ0n) is 15.1. The normalized spacial score (nSPS) is 17.0. The molecule has 0 radical (unpaired) electrons. The Hall–Kier alpha value is -1.58. The number of halogens is 5. The third-order valence-corrected chi connectivity index (χ3v) is 6.10. The number of hydrogen-bond donors (Lipinski definition) is 0. The van der Waals surface area contributed by atoms with E-state index in [1.165, 1.54) is 4.68 Å². The quantitative estimate of drug-likeness (QED) is 0.608. The molecular weight excluding hydrogens is 461 g/mol. The first-order chi connectivity index (χ1) is 13.2. The van der Waals surface area contributed by atoms with Crippen LogP contribution in [0.3, 0.4) is 0 Å². The minimum absolute atomic E-state index is 0.0744. The Kier molecular flexibility index (Phi) is 6.36. The first-order valence-corrected chi connectivity index (χ1v) is 9.87. The van der Waals surface area contributed by atoms with Gasteiger partial charge in [-0.1, -0.05) is 11.6 Å². The molecule has 3 rings (SSSR count). The number of rotatable bonds is 5. The van der Waals surface area contributed by atoms with Gasteiger partial charge in [-0.25, -0.2) is 0 Å². The van der Waals surface area contributed by atoms with Crippen LogP contribution in [0, 0.1) is 6.92 Å². The molecule has 0 spiro atoms. The van der Waals surface area contributed by atoms with Crippen LogP contribution in [0.5, 0.6) is 0 Å². The van der Waals surface area contributed by atoms with Crippen molar-refractivity contribution in [3.8, 4) is 0 Å². The average molecular weight is 480 g/mol. The fraction of sp³-hybridized carbons (Fsp3) is 0.444. The third kappa shape index (κ3) is 4.52. The van der Waals surface area contributed by atoms with Gasteiger partial charge in [-0.05, 0) is 47.1 Å². The second kappa shape index (κ2) is 8.42. The van der Waals surface area contributed by atoms with Crippen LogP contribution >= 0.6 is 27.5 Å². The number of anilines is 1. The smallest absolute Gasteiger partial charge is 0.369 e. The van der Waals surface area contributed by atoms with Gasteiger partial charge in [0.1, 0.15) is 6.29 Å². The molecule has 0 aliphatic carbocycles. The van der Waals surface area contributed by atoms with Crippen molar-refractivity contribution >= 4 is 39.5 Å². The van der Waals surface area contributed by atoms with Gasteiger partial charge in [-0.15, -0.1) is 0 Å². The fourth-order valence-electron chi connectivity index (χ4n) is 3.27. The molecule has 0 saturated carbocycles. The first kappa shape index (κ1) is 21.1. The Labute approximate surface area is 174 Å². The van der Waals surface area contributed by atoms with E-state index < -0.39 is 17.9 Å². The van der Waals surface area contributed by atoms with E-state index in [2.05, 4.69) is 25.9 Å². The maximum absolute atomic E-state index is 13.0. The molecule has 1 aromatic heterocycles. The number of hydrogen-bond acceptors (Lipinski definition) is 4. The predicted molar refractivity (Wildman–Crippen MR) is 105 cm³/mol. The minimum atomic E-state index is -4.55. The Morgan fingerprint density at radius 2 is 1.82 bits per heavy atom. The van der Waals surface area contributed by atoms with Crippen molar-refractivity contribution in [3.63, 3.8) is 0 Å². The molecule has 5 nitrogen and oxygen atoms in total. The monoisotopic (exact) mass is 478 g/mol. The lowest BCUT2D eigenvalue weighted by atomic mass is 10.2. The summed E-state index contributed by atoms with van der Waals surface area (Å²) in [6.07, 6.45) is -3.77. The molecule has 0 bridgehead atoms. The minimum Gasteiger partial charge on any atom is -0.369 e. The first-order valence-electron chi connectivity index (χ1n) is 8.70. The molecule has 2 heterocycles. The molecule has 1 aliphatic heterocycles. The van der Waals surface area contributed by atoms with Crippen LogP contribution < -0.4 is 4.90 Å². The van der Waals surface area contributed by atoms with Crippen molar-refractivity contribution in [2.75, 3.05) is 31.1 Å². The summed E-state index contributed by atoms with van der Waals surface area (Å²) >= 11 is 8.88. The lowest BCUT2D eigenvalue weighted by molar-refractivity contribution is -0.142. The van der Waals surface area contributed by atoms with E-state index in [-0.39, 0.29) is 11.0 Å². The van der Waals surface area contributed by atoms with Gasteiger partial charge in [0.25, 0.3) is 0 Å². The van der Waals surface area contributed by atoms with Crippen molar-refractivity contribution in [2.24, 2.45) is 0 Å². The molecule has 2 aromatic rings. The molecule has 1 saturated heterocycles. The van der Waals surface area contributed by atoms with E-state index in [0.29, 0.717) is 36.9 Å². The number of nitrogens with zero attached hydrogens (tertiary/aromatic N) is 4. The van der Waals surface area contributed by atoms with E-state index >= 15 is 0 Å². The molecule has 152 valence electrons. The van der Waals surface area contributed by atoms with Crippen molar-refractivity contribution < 1.29 is 18.0 Å². The summed E-state index contributed by atoms with van der Waals surface area (Å²) in [5, 5.41) is 4.34. The van der Waals surface area contributed by atoms with Gasteiger partial charge < -0.3 is 9.69 Å². The topological polar surface area (TPSA) is 41.4 Å². The number of carbonyl (C=O) groups excluding carboxylic acids is 1. The second-order valence-corrected chi connectivity index (χ2v) is 7.86. The molecule has 1 aromatic carbocycles. The molecule has 1 atom stereocenters. The summed E-state index contributed by atoms with van der Waals surface area (Å²) in [5.74, 6) is 0. The summed E-state index contributed by atoms with van der Waals surface area (Å²) < 4.78 is 40.3. The van der Waals surface area contributed by atoms with Gasteiger partial charge in [0.2, 0.25) is 0 Å². The van der Waals surface area contributed by atoms with E-state index in [1.807, 2.05) is 29.2 Å². The van der Waals surface area contributed by atoms with Gasteiger partial charge in [-0.2, -0.15) is 18.3 Å². The highest BCUT2D eigenvalue weighted by Gasteiger charge is 2.38. The van der Waals surface area contributed by atoms with Crippen molar-refractivity contribution in [1.82, 2.24) is 14.7 Å². The lowest BCUT2D eigenvalue weighted by Gasteiger charge is -2.38. The number of piperazine rings is 1. The van der Waals surface area contributed by atoms with Gasteiger partial charge >= 0.3 is 6.18 Å². The van der Waals surface area contributed by atoms with Crippen molar-refractivity contribution in [3.05, 3.63) is 45.1 Å². The summed E-state index contributed by atoms with van der Waals surface area (Å²) in [6.45, 7) is 4.29. The van der Waals surface area contributed by atoms with E-state index in [4.69, 9.17) is 11.6 Å². The van der Waals surface area contributed by atoms with Crippen LogP contribution in [-0.4, -0.2) is 53.2 Å². The van der Waals surface area contributed by atoms with E-state index in [0.717, 1.165) is 12.0 Å². The van der Waals surface area contributed by atoms with Crippen LogP contribution in [0.1, 0.15) is 11.4 Å². The van der Waals surface area contributed by atoms with Gasteiger partial charge in [0.15, 0.2) is 5.69 Å². The highest BCUT2D eigenvalue weighted by Crippen LogP contribution is 2.35. The summed E-state index contributed by atoms with van der Waals surface area (Å²) in [7, 11) is 0. The third-order valence-electron chi connectivity index (χ3n) is 4.89. The van der Waals surface area contributed by atoms with Crippen molar-refractivity contribution in [2.45, 2.75) is 25.7 Å². The molecule has 0 N–H and O–H groups in total. The molecule has 1 fully saturated rings. The van der Waals surface area contributed by atoms with Crippen LogP contribution in [0.2, 0.25) is 5.02 Å². The lowest BCUT2D eigenvalue weighted by Crippen LogP contribution is -2.52.